The normalized spacial score (nSPS) is 10.8. The monoisotopic (exact) mass is 328 g/mol. The quantitative estimate of drug-likeness (QED) is 0.573. The lowest BCUT2D eigenvalue weighted by atomic mass is 9.97. The number of phenols is 1. The van der Waals surface area contributed by atoms with Crippen LogP contribution >= 0.6 is 0 Å². The molecule has 0 aromatic heterocycles. The molecular weight excluding hydrogens is 307 g/mol. The summed E-state index contributed by atoms with van der Waals surface area (Å²) in [6, 6.07) is 9.47. The topological polar surface area (TPSA) is 54.4 Å². The van der Waals surface area contributed by atoms with Gasteiger partial charge >= 0.3 is 0 Å². The van der Waals surface area contributed by atoms with Gasteiger partial charge in [0.05, 0.1) is 5.56 Å². The van der Waals surface area contributed by atoms with Gasteiger partial charge in [0, 0.05) is 12.0 Å². The van der Waals surface area contributed by atoms with E-state index in [1.807, 2.05) is 0 Å². The highest BCUT2D eigenvalue weighted by Gasteiger charge is 2.12. The molecule has 0 radical (unpaired) electrons. The minimum atomic E-state index is -0.858. The van der Waals surface area contributed by atoms with Gasteiger partial charge in [-0.2, -0.15) is 0 Å². The van der Waals surface area contributed by atoms with Crippen LogP contribution < -0.4 is 0 Å². The Morgan fingerprint density at radius 2 is 1.96 bits per heavy atom. The van der Waals surface area contributed by atoms with E-state index in [-0.39, 0.29) is 11.3 Å². The fraction of sp³-hybridized carbons (Fsp3) is 0.300. The Bertz CT molecular complexity index is 751. The zero-order chi connectivity index (χ0) is 17.7. The van der Waals surface area contributed by atoms with Gasteiger partial charge in [-0.15, -0.1) is 0 Å². The molecule has 0 fully saturated rings. The highest BCUT2D eigenvalue weighted by Crippen LogP contribution is 2.29. The zero-order valence-electron chi connectivity index (χ0n) is 13.9. The number of aromatic hydroxyl groups is 1. The van der Waals surface area contributed by atoms with Crippen LogP contribution in [-0.4, -0.2) is 17.2 Å². The molecule has 0 atom stereocenters. The van der Waals surface area contributed by atoms with E-state index in [1.54, 1.807) is 24.3 Å². The average molecular weight is 328 g/mol. The lowest BCUT2D eigenvalue weighted by Gasteiger charge is -2.08. The molecule has 0 aliphatic rings. The highest BCUT2D eigenvalue weighted by atomic mass is 19.1. The number of carbonyl (C=O) groups excluding carboxylic acids is 2. The van der Waals surface area contributed by atoms with Gasteiger partial charge < -0.3 is 5.11 Å². The van der Waals surface area contributed by atoms with Crippen LogP contribution in [0.1, 0.15) is 53.8 Å². The van der Waals surface area contributed by atoms with Crippen molar-refractivity contribution in [3.8, 4) is 16.9 Å². The van der Waals surface area contributed by atoms with Crippen LogP contribution in [-0.2, 0) is 0 Å². The lowest BCUT2D eigenvalue weighted by molar-refractivity contribution is 0.0978. The van der Waals surface area contributed by atoms with E-state index in [1.165, 1.54) is 6.07 Å². The van der Waals surface area contributed by atoms with Crippen molar-refractivity contribution < 1.29 is 19.1 Å². The van der Waals surface area contributed by atoms with Crippen molar-refractivity contribution in [2.24, 2.45) is 5.92 Å². The maximum absolute atomic E-state index is 13.7. The Kier molecular flexibility index (Phi) is 5.85. The van der Waals surface area contributed by atoms with Gasteiger partial charge in [0.15, 0.2) is 23.6 Å². The molecule has 2 rings (SSSR count). The van der Waals surface area contributed by atoms with E-state index in [2.05, 4.69) is 13.8 Å². The minimum Gasteiger partial charge on any atom is -0.504 e. The smallest absolute Gasteiger partial charge is 0.166 e. The van der Waals surface area contributed by atoms with E-state index in [0.717, 1.165) is 18.9 Å². The highest BCUT2D eigenvalue weighted by molar-refractivity contribution is 5.97. The van der Waals surface area contributed by atoms with Gasteiger partial charge in [0.2, 0.25) is 0 Å². The van der Waals surface area contributed by atoms with E-state index < -0.39 is 11.6 Å². The third-order valence-electron chi connectivity index (χ3n) is 3.92. The molecule has 0 spiro atoms. The minimum absolute atomic E-state index is 0.0485. The summed E-state index contributed by atoms with van der Waals surface area (Å²) >= 11 is 0. The standard InChI is InChI=1S/C20H21FO3/c1-13(2)5-3-8-19(23)15-7-4-6-14(9-15)16-10-17(12-22)20(24)18(21)11-16/h4,6-7,9-13,24H,3,5,8H2,1-2H3. The van der Waals surface area contributed by atoms with Crippen molar-refractivity contribution in [3.05, 3.63) is 53.3 Å². The number of aldehydes is 1. The van der Waals surface area contributed by atoms with Gasteiger partial charge in [0.25, 0.3) is 0 Å². The molecule has 0 heterocycles. The zero-order valence-corrected chi connectivity index (χ0v) is 13.9. The summed E-state index contributed by atoms with van der Waals surface area (Å²) < 4.78 is 13.7. The molecule has 0 amide bonds. The third-order valence-corrected chi connectivity index (χ3v) is 3.92. The van der Waals surface area contributed by atoms with Gasteiger partial charge in [-0.3, -0.25) is 9.59 Å². The van der Waals surface area contributed by atoms with Gasteiger partial charge in [-0.05, 0) is 41.7 Å². The van der Waals surface area contributed by atoms with Crippen molar-refractivity contribution in [2.75, 3.05) is 0 Å². The molecule has 0 bridgehead atoms. The summed E-state index contributed by atoms with van der Waals surface area (Å²) in [6.07, 6.45) is 2.72. The average Bonchev–Trinajstić information content (AvgIpc) is 2.57. The lowest BCUT2D eigenvalue weighted by Crippen LogP contribution is -2.00. The fourth-order valence-corrected chi connectivity index (χ4v) is 2.56. The second kappa shape index (κ2) is 7.86. The first-order chi connectivity index (χ1) is 11.4. The van der Waals surface area contributed by atoms with Crippen LogP contribution in [0.2, 0.25) is 0 Å². The van der Waals surface area contributed by atoms with Gasteiger partial charge in [-0.1, -0.05) is 38.5 Å². The molecule has 4 heteroatoms. The first kappa shape index (κ1) is 17.9. The van der Waals surface area contributed by atoms with E-state index in [0.29, 0.717) is 35.3 Å². The molecule has 24 heavy (non-hydrogen) atoms. The van der Waals surface area contributed by atoms with Crippen molar-refractivity contribution in [1.82, 2.24) is 0 Å². The maximum Gasteiger partial charge on any atom is 0.166 e. The van der Waals surface area contributed by atoms with E-state index in [9.17, 15) is 19.1 Å². The van der Waals surface area contributed by atoms with Crippen LogP contribution in [0, 0.1) is 11.7 Å². The van der Waals surface area contributed by atoms with Crippen LogP contribution in [0.25, 0.3) is 11.1 Å². The maximum atomic E-state index is 13.7. The number of Topliss-reactive ketones (excluding diaryl/α,β-unsaturated/α-hetero) is 1. The molecule has 126 valence electrons. The number of ketones is 1. The second-order valence-corrected chi connectivity index (χ2v) is 6.30. The number of hydrogen-bond acceptors (Lipinski definition) is 3. The number of halogens is 1. The van der Waals surface area contributed by atoms with Crippen molar-refractivity contribution >= 4 is 12.1 Å². The molecule has 1 N–H and O–H groups in total. The molecule has 3 nitrogen and oxygen atoms in total. The first-order valence-corrected chi connectivity index (χ1v) is 8.03. The summed E-state index contributed by atoms with van der Waals surface area (Å²) in [5, 5.41) is 9.49. The van der Waals surface area contributed by atoms with E-state index >= 15 is 0 Å². The Balaban J connectivity index is 2.26. The molecule has 0 saturated heterocycles. The Hall–Kier alpha value is -2.49. The molecule has 0 saturated carbocycles. The molecular formula is C20H21FO3. The summed E-state index contributed by atoms with van der Waals surface area (Å²) in [7, 11) is 0. The van der Waals surface area contributed by atoms with Crippen LogP contribution in [0.4, 0.5) is 4.39 Å². The van der Waals surface area contributed by atoms with Crippen molar-refractivity contribution in [3.63, 3.8) is 0 Å². The fourth-order valence-electron chi connectivity index (χ4n) is 2.56. The van der Waals surface area contributed by atoms with Crippen LogP contribution in [0.3, 0.4) is 0 Å². The predicted octanol–water partition coefficient (Wildman–Crippen LogP) is 5.02. The summed E-state index contributed by atoms with van der Waals surface area (Å²) in [4.78, 5) is 23.2. The van der Waals surface area contributed by atoms with Gasteiger partial charge in [-0.25, -0.2) is 4.39 Å². The molecule has 2 aromatic carbocycles. The molecule has 0 aliphatic carbocycles. The Labute approximate surface area is 141 Å². The van der Waals surface area contributed by atoms with Crippen molar-refractivity contribution in [1.29, 1.82) is 0 Å². The first-order valence-electron chi connectivity index (χ1n) is 8.03. The number of hydrogen-bond donors (Lipinski definition) is 1. The summed E-state index contributed by atoms with van der Waals surface area (Å²) in [5.74, 6) is -0.906. The molecule has 2 aromatic rings. The predicted molar refractivity (Wildman–Crippen MR) is 91.9 cm³/mol. The molecule has 0 unspecified atom stereocenters. The SMILES string of the molecule is CC(C)CCCC(=O)c1cccc(-c2cc(F)c(O)c(C=O)c2)c1. The second-order valence-electron chi connectivity index (χ2n) is 6.30. The van der Waals surface area contributed by atoms with Crippen LogP contribution in [0.15, 0.2) is 36.4 Å². The Morgan fingerprint density at radius 1 is 1.21 bits per heavy atom. The molecule has 0 aliphatic heterocycles. The largest absolute Gasteiger partial charge is 0.504 e. The summed E-state index contributed by atoms with van der Waals surface area (Å²) in [5.41, 5.74) is 1.53. The number of rotatable bonds is 7. The van der Waals surface area contributed by atoms with Crippen molar-refractivity contribution in [2.45, 2.75) is 33.1 Å². The number of carbonyl (C=O) groups is 2. The van der Waals surface area contributed by atoms with Gasteiger partial charge in [0.1, 0.15) is 0 Å². The summed E-state index contributed by atoms with van der Waals surface area (Å²) in [6.45, 7) is 4.24. The number of benzene rings is 2. The van der Waals surface area contributed by atoms with E-state index in [4.69, 9.17) is 0 Å². The number of phenolic OH excluding ortho intramolecular Hbond substituents is 1. The third kappa shape index (κ3) is 4.28. The Morgan fingerprint density at radius 3 is 2.62 bits per heavy atom. The van der Waals surface area contributed by atoms with Crippen LogP contribution in [0.5, 0.6) is 5.75 Å².